The van der Waals surface area contributed by atoms with Gasteiger partial charge in [0, 0.05) is 6.42 Å². The second-order valence-corrected chi connectivity index (χ2v) is 8.49. The van der Waals surface area contributed by atoms with Crippen LogP contribution in [0, 0.1) is 6.92 Å². The number of rotatable bonds is 7. The number of nitrogens with two attached hydrogens (primary N) is 1. The Hall–Kier alpha value is -3.00. The molecule has 3 aromatic carbocycles. The van der Waals surface area contributed by atoms with E-state index < -0.39 is 21.7 Å². The van der Waals surface area contributed by atoms with Gasteiger partial charge in [-0.05, 0) is 35.2 Å². The maximum absolute atomic E-state index is 13.1. The van der Waals surface area contributed by atoms with E-state index in [9.17, 15) is 18.3 Å². The summed E-state index contributed by atoms with van der Waals surface area (Å²) in [6.45, 7) is 1.69. The molecule has 0 spiro atoms. The van der Waals surface area contributed by atoms with Gasteiger partial charge in [-0.1, -0.05) is 72.8 Å². The molecule has 0 saturated heterocycles. The molecule has 7 heteroatoms. The minimum atomic E-state index is -4.20. The molecule has 1 atom stereocenters. The number of sulfonamides is 1. The lowest BCUT2D eigenvalue weighted by atomic mass is 10.0. The smallest absolute Gasteiger partial charge is 0.340 e. The minimum absolute atomic E-state index is 0.0111. The van der Waals surface area contributed by atoms with Crippen molar-refractivity contribution in [1.29, 1.82) is 0 Å². The van der Waals surface area contributed by atoms with Crippen molar-refractivity contribution in [1.82, 2.24) is 4.72 Å². The summed E-state index contributed by atoms with van der Waals surface area (Å²) < 4.78 is 28.4. The Morgan fingerprint density at radius 3 is 2.14 bits per heavy atom. The lowest BCUT2D eigenvalue weighted by Gasteiger charge is -2.26. The standard InChI is InChI=1S/C22H22N2O4S/c1-16-19(18-11-6-3-7-12-18)13-8-14-20(16)29(27,28)24-22(23,21(25)26)15-17-9-4-2-5-10-17/h2-14,24H,15,23H2,1H3,(H,25,26). The van der Waals surface area contributed by atoms with Crippen molar-refractivity contribution in [2.75, 3.05) is 0 Å². The van der Waals surface area contributed by atoms with E-state index in [2.05, 4.69) is 4.72 Å². The van der Waals surface area contributed by atoms with Crippen molar-refractivity contribution in [2.45, 2.75) is 23.9 Å². The number of hydrogen-bond acceptors (Lipinski definition) is 4. The van der Waals surface area contributed by atoms with Gasteiger partial charge in [0.25, 0.3) is 0 Å². The van der Waals surface area contributed by atoms with Crippen LogP contribution in [0.1, 0.15) is 11.1 Å². The number of hydrogen-bond donors (Lipinski definition) is 3. The normalized spacial score (nSPS) is 13.6. The molecule has 0 aromatic heterocycles. The van der Waals surface area contributed by atoms with Crippen LogP contribution < -0.4 is 10.5 Å². The summed E-state index contributed by atoms with van der Waals surface area (Å²) in [4.78, 5) is 11.8. The van der Waals surface area contributed by atoms with Crippen LogP contribution in [0.25, 0.3) is 11.1 Å². The fourth-order valence-electron chi connectivity index (χ4n) is 3.20. The highest BCUT2D eigenvalue weighted by molar-refractivity contribution is 7.89. The summed E-state index contributed by atoms with van der Waals surface area (Å²) in [5.74, 6) is -1.46. The zero-order valence-corrected chi connectivity index (χ0v) is 16.7. The quantitative estimate of drug-likeness (QED) is 0.519. The van der Waals surface area contributed by atoms with Crippen LogP contribution in [0.15, 0.2) is 83.8 Å². The van der Waals surface area contributed by atoms with Gasteiger partial charge in [0.05, 0.1) is 4.90 Å². The third-order valence-corrected chi connectivity index (χ3v) is 6.34. The molecular formula is C22H22N2O4S. The third-order valence-electron chi connectivity index (χ3n) is 4.68. The van der Waals surface area contributed by atoms with Gasteiger partial charge in [0.1, 0.15) is 0 Å². The summed E-state index contributed by atoms with van der Waals surface area (Å²) in [7, 11) is -4.20. The monoisotopic (exact) mass is 410 g/mol. The molecule has 0 fully saturated rings. The van der Waals surface area contributed by atoms with Crippen molar-refractivity contribution in [3.8, 4) is 11.1 Å². The van der Waals surface area contributed by atoms with E-state index in [-0.39, 0.29) is 11.3 Å². The highest BCUT2D eigenvalue weighted by Gasteiger charge is 2.39. The van der Waals surface area contributed by atoms with Crippen molar-refractivity contribution in [3.63, 3.8) is 0 Å². The van der Waals surface area contributed by atoms with Crippen LogP contribution in [-0.4, -0.2) is 25.2 Å². The van der Waals surface area contributed by atoms with Gasteiger partial charge in [0.2, 0.25) is 10.0 Å². The molecule has 3 aromatic rings. The summed E-state index contributed by atoms with van der Waals surface area (Å²) in [5.41, 5.74) is 6.55. The average molecular weight is 410 g/mol. The van der Waals surface area contributed by atoms with E-state index in [1.54, 1.807) is 43.3 Å². The van der Waals surface area contributed by atoms with Gasteiger partial charge in [-0.15, -0.1) is 0 Å². The lowest BCUT2D eigenvalue weighted by molar-refractivity contribution is -0.143. The van der Waals surface area contributed by atoms with E-state index in [4.69, 9.17) is 5.73 Å². The molecule has 0 saturated carbocycles. The van der Waals surface area contributed by atoms with Crippen molar-refractivity contribution < 1.29 is 18.3 Å². The molecule has 0 radical (unpaired) electrons. The average Bonchev–Trinajstić information content (AvgIpc) is 2.69. The first-order valence-corrected chi connectivity index (χ1v) is 10.5. The van der Waals surface area contributed by atoms with E-state index in [1.165, 1.54) is 6.07 Å². The maximum Gasteiger partial charge on any atom is 0.340 e. The van der Waals surface area contributed by atoms with Crippen LogP contribution >= 0.6 is 0 Å². The first-order valence-electron chi connectivity index (χ1n) is 8.98. The minimum Gasteiger partial charge on any atom is -0.479 e. The van der Waals surface area contributed by atoms with E-state index in [0.29, 0.717) is 11.1 Å². The molecule has 150 valence electrons. The molecule has 3 rings (SSSR count). The van der Waals surface area contributed by atoms with Crippen LogP contribution in [0.2, 0.25) is 0 Å². The first kappa shape index (κ1) is 20.7. The Bertz CT molecular complexity index is 1120. The molecule has 0 amide bonds. The number of benzene rings is 3. The summed E-state index contributed by atoms with van der Waals surface area (Å²) >= 11 is 0. The number of aliphatic carboxylic acids is 1. The molecule has 29 heavy (non-hydrogen) atoms. The number of carboxylic acids is 1. The van der Waals surface area contributed by atoms with Crippen LogP contribution in [0.4, 0.5) is 0 Å². The predicted molar refractivity (Wildman–Crippen MR) is 112 cm³/mol. The Morgan fingerprint density at radius 1 is 0.966 bits per heavy atom. The van der Waals surface area contributed by atoms with E-state index >= 15 is 0 Å². The number of carboxylic acid groups (broad SMARTS) is 1. The van der Waals surface area contributed by atoms with Crippen LogP contribution in [0.5, 0.6) is 0 Å². The largest absolute Gasteiger partial charge is 0.479 e. The topological polar surface area (TPSA) is 109 Å². The summed E-state index contributed by atoms with van der Waals surface area (Å²) in [6.07, 6.45) is -0.195. The van der Waals surface area contributed by atoms with Crippen LogP contribution in [-0.2, 0) is 21.2 Å². The second-order valence-electron chi connectivity index (χ2n) is 6.84. The third kappa shape index (κ3) is 4.54. The molecule has 0 bridgehead atoms. The molecule has 0 aliphatic heterocycles. The molecule has 0 aliphatic carbocycles. The molecule has 0 aliphatic rings. The highest BCUT2D eigenvalue weighted by atomic mass is 32.2. The Morgan fingerprint density at radius 2 is 1.55 bits per heavy atom. The lowest BCUT2D eigenvalue weighted by Crippen LogP contribution is -2.62. The predicted octanol–water partition coefficient (Wildman–Crippen LogP) is 2.92. The molecule has 6 nitrogen and oxygen atoms in total. The zero-order chi connectivity index (χ0) is 21.1. The number of carbonyl (C=O) groups is 1. The summed E-state index contributed by atoms with van der Waals surface area (Å²) in [6, 6.07) is 22.9. The maximum atomic E-state index is 13.1. The number of nitrogens with one attached hydrogen (secondary N) is 1. The highest BCUT2D eigenvalue weighted by Crippen LogP contribution is 2.28. The van der Waals surface area contributed by atoms with E-state index in [0.717, 1.165) is 11.1 Å². The fourth-order valence-corrected chi connectivity index (χ4v) is 4.72. The van der Waals surface area contributed by atoms with Crippen molar-refractivity contribution >= 4 is 16.0 Å². The first-order chi connectivity index (χ1) is 13.7. The van der Waals surface area contributed by atoms with Gasteiger partial charge < -0.3 is 10.8 Å². The van der Waals surface area contributed by atoms with Gasteiger partial charge in [-0.2, -0.15) is 4.72 Å². The Kier molecular flexibility index (Phi) is 5.83. The van der Waals surface area contributed by atoms with Gasteiger partial charge in [-0.25, -0.2) is 13.2 Å². The van der Waals surface area contributed by atoms with Gasteiger partial charge in [0.15, 0.2) is 5.66 Å². The SMILES string of the molecule is Cc1c(-c2ccccc2)cccc1S(=O)(=O)NC(N)(Cc1ccccc1)C(=O)O. The Labute approximate surface area is 170 Å². The second kappa shape index (κ2) is 8.16. The van der Waals surface area contributed by atoms with Crippen molar-refractivity contribution in [2.24, 2.45) is 5.73 Å². The Balaban J connectivity index is 1.99. The van der Waals surface area contributed by atoms with Crippen LogP contribution in [0.3, 0.4) is 0 Å². The fraction of sp³-hybridized carbons (Fsp3) is 0.136. The zero-order valence-electron chi connectivity index (χ0n) is 15.9. The van der Waals surface area contributed by atoms with Crippen molar-refractivity contribution in [3.05, 3.63) is 90.0 Å². The molecular weight excluding hydrogens is 388 g/mol. The van der Waals surface area contributed by atoms with Gasteiger partial charge in [-0.3, -0.25) is 0 Å². The van der Waals surface area contributed by atoms with E-state index in [1.807, 2.05) is 36.4 Å². The molecule has 1 unspecified atom stereocenters. The van der Waals surface area contributed by atoms with Gasteiger partial charge >= 0.3 is 5.97 Å². The summed E-state index contributed by atoms with van der Waals surface area (Å²) in [5, 5.41) is 9.65. The molecule has 4 N–H and O–H groups in total. The molecule has 0 heterocycles.